The summed E-state index contributed by atoms with van der Waals surface area (Å²) in [6.07, 6.45) is 10.2. The third-order valence-electron chi connectivity index (χ3n) is 3.65. The van der Waals surface area contributed by atoms with Crippen LogP contribution < -0.4 is 0 Å². The second-order valence-corrected chi connectivity index (χ2v) is 5.60. The van der Waals surface area contributed by atoms with Crippen molar-refractivity contribution >= 4 is 17.8 Å². The molecule has 2 heterocycles. The van der Waals surface area contributed by atoms with Crippen LogP contribution in [0.4, 0.5) is 0 Å². The highest BCUT2D eigenvalue weighted by Gasteiger charge is 2.07. The molecule has 1 aliphatic rings. The standard InChI is InChI=1S/C17H21N5O2/c18-22-19-11-3-1-2-4-13-5-7-15(20-13)12-16-8-6-14(21-16)9-10-17(23)24/h5-8,12,20H,1-4,9-11H2,(H,23,24)/b16-12+. The van der Waals surface area contributed by atoms with E-state index in [0.717, 1.165) is 42.8 Å². The maximum Gasteiger partial charge on any atom is 0.303 e. The van der Waals surface area contributed by atoms with Crippen molar-refractivity contribution in [2.45, 2.75) is 38.5 Å². The lowest BCUT2D eigenvalue weighted by Crippen LogP contribution is -1.99. The number of aromatic nitrogens is 1. The Hall–Kier alpha value is -2.79. The molecule has 7 nitrogen and oxygen atoms in total. The zero-order valence-electron chi connectivity index (χ0n) is 13.5. The summed E-state index contributed by atoms with van der Waals surface area (Å²) >= 11 is 0. The number of allylic oxidation sites excluding steroid dienone is 2. The lowest BCUT2D eigenvalue weighted by molar-refractivity contribution is -0.136. The highest BCUT2D eigenvalue weighted by atomic mass is 16.4. The second-order valence-electron chi connectivity index (χ2n) is 5.60. The third kappa shape index (κ3) is 6.14. The van der Waals surface area contributed by atoms with Gasteiger partial charge < -0.3 is 10.1 Å². The summed E-state index contributed by atoms with van der Waals surface area (Å²) in [5.74, 6) is -0.808. The van der Waals surface area contributed by atoms with Crippen molar-refractivity contribution in [3.8, 4) is 0 Å². The van der Waals surface area contributed by atoms with Crippen LogP contribution in [0.5, 0.6) is 0 Å². The number of aliphatic carboxylic acids is 1. The second kappa shape index (κ2) is 9.37. The van der Waals surface area contributed by atoms with Gasteiger partial charge in [-0.05, 0) is 55.2 Å². The zero-order valence-corrected chi connectivity index (χ0v) is 13.5. The minimum absolute atomic E-state index is 0.1000. The van der Waals surface area contributed by atoms with Crippen molar-refractivity contribution in [2.75, 3.05) is 6.54 Å². The van der Waals surface area contributed by atoms with Crippen molar-refractivity contribution in [3.63, 3.8) is 0 Å². The van der Waals surface area contributed by atoms with Crippen molar-refractivity contribution < 1.29 is 9.90 Å². The molecule has 0 saturated carbocycles. The van der Waals surface area contributed by atoms with Gasteiger partial charge in [-0.25, -0.2) is 0 Å². The first-order chi connectivity index (χ1) is 11.7. The van der Waals surface area contributed by atoms with Gasteiger partial charge in [0.1, 0.15) is 0 Å². The van der Waals surface area contributed by atoms with Crippen molar-refractivity contribution in [1.82, 2.24) is 4.98 Å². The number of unbranched alkanes of at least 4 members (excludes halogenated alkanes) is 2. The van der Waals surface area contributed by atoms with Gasteiger partial charge in [-0.15, -0.1) is 0 Å². The summed E-state index contributed by atoms with van der Waals surface area (Å²) in [5, 5.41) is 12.2. The van der Waals surface area contributed by atoms with Crippen molar-refractivity contribution in [2.24, 2.45) is 10.1 Å². The molecular weight excluding hydrogens is 306 g/mol. The van der Waals surface area contributed by atoms with E-state index < -0.39 is 5.97 Å². The maximum atomic E-state index is 10.6. The molecule has 1 aromatic rings. The number of rotatable bonds is 10. The van der Waals surface area contributed by atoms with Crippen LogP contribution in [0.1, 0.15) is 43.5 Å². The topological polar surface area (TPSA) is 114 Å². The molecule has 0 bridgehead atoms. The fourth-order valence-corrected chi connectivity index (χ4v) is 2.44. The number of carboxylic acids is 1. The van der Waals surface area contributed by atoms with E-state index in [-0.39, 0.29) is 6.42 Å². The summed E-state index contributed by atoms with van der Waals surface area (Å²) in [7, 11) is 0. The van der Waals surface area contributed by atoms with Crippen LogP contribution in [0.15, 0.2) is 40.1 Å². The molecule has 0 unspecified atom stereocenters. The number of aryl methyl sites for hydroxylation is 1. The Morgan fingerprint density at radius 1 is 1.29 bits per heavy atom. The molecule has 0 spiro atoms. The van der Waals surface area contributed by atoms with E-state index in [1.165, 1.54) is 5.69 Å². The maximum absolute atomic E-state index is 10.6. The first-order valence-electron chi connectivity index (χ1n) is 8.05. The Kier molecular flexibility index (Phi) is 6.86. The highest BCUT2D eigenvalue weighted by molar-refractivity contribution is 6.00. The average Bonchev–Trinajstić information content (AvgIpc) is 3.19. The number of nitrogens with one attached hydrogen (secondary N) is 1. The van der Waals surface area contributed by atoms with E-state index in [4.69, 9.17) is 10.6 Å². The third-order valence-corrected chi connectivity index (χ3v) is 3.65. The number of hydrogen-bond donors (Lipinski definition) is 2. The van der Waals surface area contributed by atoms with Gasteiger partial charge in [0.05, 0.1) is 12.1 Å². The number of H-pyrrole nitrogens is 1. The fraction of sp³-hybridized carbons (Fsp3) is 0.412. The number of aliphatic imine (C=N–C) groups is 1. The van der Waals surface area contributed by atoms with E-state index in [1.807, 2.05) is 24.3 Å². The first kappa shape index (κ1) is 17.6. The Morgan fingerprint density at radius 2 is 2.17 bits per heavy atom. The number of carboxylic acid groups (broad SMARTS) is 1. The summed E-state index contributed by atoms with van der Waals surface area (Å²) in [5.41, 5.74) is 12.0. The monoisotopic (exact) mass is 327 g/mol. The minimum atomic E-state index is -0.808. The lowest BCUT2D eigenvalue weighted by atomic mass is 10.1. The van der Waals surface area contributed by atoms with Crippen LogP contribution in [-0.4, -0.2) is 28.3 Å². The summed E-state index contributed by atoms with van der Waals surface area (Å²) < 4.78 is 0. The quantitative estimate of drug-likeness (QED) is 0.289. The Morgan fingerprint density at radius 3 is 2.96 bits per heavy atom. The number of carbonyl (C=O) groups is 1. The van der Waals surface area contributed by atoms with Crippen LogP contribution >= 0.6 is 0 Å². The largest absolute Gasteiger partial charge is 0.481 e. The normalized spacial score (nSPS) is 14.7. The van der Waals surface area contributed by atoms with E-state index in [2.05, 4.69) is 26.1 Å². The van der Waals surface area contributed by atoms with Gasteiger partial charge in [0.2, 0.25) is 0 Å². The summed E-state index contributed by atoms with van der Waals surface area (Å²) in [6, 6.07) is 4.08. The summed E-state index contributed by atoms with van der Waals surface area (Å²) in [4.78, 5) is 21.1. The molecular formula is C17H21N5O2. The van der Waals surface area contributed by atoms with E-state index in [1.54, 1.807) is 0 Å². The molecule has 1 aromatic heterocycles. The van der Waals surface area contributed by atoms with Crippen LogP contribution in [0.2, 0.25) is 0 Å². The van der Waals surface area contributed by atoms with Gasteiger partial charge in [-0.2, -0.15) is 0 Å². The molecule has 0 fully saturated rings. The van der Waals surface area contributed by atoms with Gasteiger partial charge in [0.15, 0.2) is 0 Å². The van der Waals surface area contributed by atoms with Gasteiger partial charge in [0.25, 0.3) is 0 Å². The molecule has 0 aromatic carbocycles. The SMILES string of the molecule is [N-]=[N+]=NCCCCCc1ccc(/C=C2\C=CC(CCC(=O)O)=N2)[nH]1. The molecule has 0 aliphatic carbocycles. The molecule has 2 N–H and O–H groups in total. The molecule has 2 rings (SSSR count). The average molecular weight is 327 g/mol. The predicted molar refractivity (Wildman–Crippen MR) is 93.8 cm³/mol. The van der Waals surface area contributed by atoms with Crippen molar-refractivity contribution in [1.29, 1.82) is 0 Å². The first-order valence-corrected chi connectivity index (χ1v) is 8.05. The summed E-state index contributed by atoms with van der Waals surface area (Å²) in [6.45, 7) is 0.563. The van der Waals surface area contributed by atoms with Gasteiger partial charge in [-0.1, -0.05) is 11.5 Å². The molecule has 126 valence electrons. The Labute approximate surface area is 140 Å². The smallest absolute Gasteiger partial charge is 0.303 e. The minimum Gasteiger partial charge on any atom is -0.481 e. The van der Waals surface area contributed by atoms with E-state index in [0.29, 0.717) is 13.0 Å². The molecule has 1 aliphatic heterocycles. The predicted octanol–water partition coefficient (Wildman–Crippen LogP) is 4.25. The van der Waals surface area contributed by atoms with Crippen LogP contribution in [0, 0.1) is 0 Å². The lowest BCUT2D eigenvalue weighted by Gasteiger charge is -1.98. The zero-order chi connectivity index (χ0) is 17.2. The van der Waals surface area contributed by atoms with Crippen molar-refractivity contribution in [3.05, 3.63) is 51.8 Å². The van der Waals surface area contributed by atoms with Gasteiger partial charge in [-0.3, -0.25) is 9.79 Å². The van der Waals surface area contributed by atoms with Gasteiger partial charge in [0, 0.05) is 35.0 Å². The Bertz CT molecular complexity index is 708. The molecule has 0 amide bonds. The number of hydrogen-bond acceptors (Lipinski definition) is 3. The highest BCUT2D eigenvalue weighted by Crippen LogP contribution is 2.16. The molecule has 7 heteroatoms. The van der Waals surface area contributed by atoms with E-state index >= 15 is 0 Å². The molecule has 24 heavy (non-hydrogen) atoms. The number of azide groups is 1. The Balaban J connectivity index is 1.80. The molecule has 0 atom stereocenters. The number of aromatic amines is 1. The molecule has 0 radical (unpaired) electrons. The van der Waals surface area contributed by atoms with Crippen LogP contribution in [-0.2, 0) is 11.2 Å². The van der Waals surface area contributed by atoms with Crippen LogP contribution in [0.25, 0.3) is 16.5 Å². The van der Waals surface area contributed by atoms with Gasteiger partial charge >= 0.3 is 5.97 Å². The van der Waals surface area contributed by atoms with Crippen LogP contribution in [0.3, 0.4) is 0 Å². The molecule has 0 saturated heterocycles. The number of nitrogens with zero attached hydrogens (tertiary/aromatic N) is 4. The van der Waals surface area contributed by atoms with E-state index in [9.17, 15) is 4.79 Å². The fourth-order valence-electron chi connectivity index (χ4n) is 2.44.